The fourth-order valence-corrected chi connectivity index (χ4v) is 5.91. The number of aliphatic hydroxyl groups excluding tert-OH is 1. The van der Waals surface area contributed by atoms with E-state index in [9.17, 15) is 18.0 Å². The smallest absolute Gasteiger partial charge is 0.337 e. The highest BCUT2D eigenvalue weighted by atomic mass is 32.2. The molecule has 0 saturated carbocycles. The number of carbonyl (C=O) groups excluding carboxylic acids is 2. The van der Waals surface area contributed by atoms with E-state index in [4.69, 9.17) is 9.84 Å². The molecule has 9 nitrogen and oxygen atoms in total. The molecule has 2 aliphatic heterocycles. The van der Waals surface area contributed by atoms with E-state index in [0.29, 0.717) is 17.8 Å². The molecule has 1 unspecified atom stereocenters. The second kappa shape index (κ2) is 8.87. The molecule has 33 heavy (non-hydrogen) atoms. The number of para-hydroxylation sites is 1. The van der Waals surface area contributed by atoms with Crippen LogP contribution in [-0.2, 0) is 30.8 Å². The number of anilines is 2. The Bertz CT molecular complexity index is 1220. The van der Waals surface area contributed by atoms with Gasteiger partial charge in [-0.25, -0.2) is 13.2 Å². The van der Waals surface area contributed by atoms with Crippen LogP contribution < -0.4 is 9.62 Å². The predicted octanol–water partition coefficient (Wildman–Crippen LogP) is 1.50. The summed E-state index contributed by atoms with van der Waals surface area (Å²) in [5, 5.41) is 12.1. The summed E-state index contributed by atoms with van der Waals surface area (Å²) >= 11 is 0. The number of nitrogens with one attached hydrogen (secondary N) is 1. The SMILES string of the molecule is COC(=O)C1=C(Nc2ccc(S(=O)(=O)N3c4ccccc4CC3C)cc2)C(=O)N(CCO)C1. The van der Waals surface area contributed by atoms with Gasteiger partial charge in [-0.1, -0.05) is 18.2 Å². The first-order chi connectivity index (χ1) is 15.8. The molecule has 2 heterocycles. The number of methoxy groups -OCH3 is 1. The van der Waals surface area contributed by atoms with Gasteiger partial charge < -0.3 is 20.1 Å². The van der Waals surface area contributed by atoms with Crippen LogP contribution in [0.5, 0.6) is 0 Å². The average Bonchev–Trinajstić information content (AvgIpc) is 3.30. The first-order valence-electron chi connectivity index (χ1n) is 10.5. The van der Waals surface area contributed by atoms with E-state index in [-0.39, 0.29) is 41.9 Å². The van der Waals surface area contributed by atoms with E-state index < -0.39 is 21.9 Å². The molecule has 0 spiro atoms. The molecule has 1 atom stereocenters. The second-order valence-corrected chi connectivity index (χ2v) is 9.74. The van der Waals surface area contributed by atoms with Crippen LogP contribution in [0.3, 0.4) is 0 Å². The third-order valence-electron chi connectivity index (χ3n) is 5.78. The molecule has 10 heteroatoms. The van der Waals surface area contributed by atoms with Crippen LogP contribution in [0, 0.1) is 0 Å². The Morgan fingerprint density at radius 1 is 1.18 bits per heavy atom. The minimum atomic E-state index is -3.78. The maximum absolute atomic E-state index is 13.4. The van der Waals surface area contributed by atoms with Gasteiger partial charge >= 0.3 is 5.97 Å². The van der Waals surface area contributed by atoms with Gasteiger partial charge in [0.1, 0.15) is 5.70 Å². The Kier molecular flexibility index (Phi) is 6.13. The summed E-state index contributed by atoms with van der Waals surface area (Å²) in [6.07, 6.45) is 0.645. The summed E-state index contributed by atoms with van der Waals surface area (Å²) < 4.78 is 32.9. The van der Waals surface area contributed by atoms with E-state index in [1.807, 2.05) is 25.1 Å². The van der Waals surface area contributed by atoms with Crippen LogP contribution in [0.15, 0.2) is 64.7 Å². The number of hydrogen-bond acceptors (Lipinski definition) is 7. The Morgan fingerprint density at radius 3 is 2.55 bits per heavy atom. The summed E-state index contributed by atoms with van der Waals surface area (Å²) in [6, 6.07) is 13.3. The van der Waals surface area contributed by atoms with Crippen LogP contribution in [0.1, 0.15) is 12.5 Å². The number of esters is 1. The van der Waals surface area contributed by atoms with Gasteiger partial charge in [0.05, 0.1) is 36.4 Å². The molecule has 1 amide bonds. The molecule has 0 aliphatic carbocycles. The lowest BCUT2D eigenvalue weighted by Gasteiger charge is -2.24. The third kappa shape index (κ3) is 4.07. The van der Waals surface area contributed by atoms with Crippen molar-refractivity contribution in [3.05, 3.63) is 65.4 Å². The molecule has 2 aromatic carbocycles. The molecular weight excluding hydrogens is 446 g/mol. The highest BCUT2D eigenvalue weighted by Crippen LogP contribution is 2.36. The van der Waals surface area contributed by atoms with Gasteiger partial charge in [-0.15, -0.1) is 0 Å². The van der Waals surface area contributed by atoms with Crippen molar-refractivity contribution in [2.24, 2.45) is 0 Å². The van der Waals surface area contributed by atoms with E-state index in [2.05, 4.69) is 5.32 Å². The molecule has 0 fully saturated rings. The van der Waals surface area contributed by atoms with Crippen molar-refractivity contribution in [1.82, 2.24) is 4.90 Å². The normalized spacial score (nSPS) is 18.0. The topological polar surface area (TPSA) is 116 Å². The predicted molar refractivity (Wildman–Crippen MR) is 122 cm³/mol. The number of aliphatic hydroxyl groups is 1. The van der Waals surface area contributed by atoms with Gasteiger partial charge in [0.2, 0.25) is 0 Å². The van der Waals surface area contributed by atoms with Crippen molar-refractivity contribution in [3.8, 4) is 0 Å². The molecule has 2 aromatic rings. The van der Waals surface area contributed by atoms with Gasteiger partial charge in [-0.3, -0.25) is 9.10 Å². The van der Waals surface area contributed by atoms with Crippen LogP contribution in [0.25, 0.3) is 0 Å². The largest absolute Gasteiger partial charge is 0.466 e. The van der Waals surface area contributed by atoms with Gasteiger partial charge in [0.25, 0.3) is 15.9 Å². The fourth-order valence-electron chi connectivity index (χ4n) is 4.22. The number of nitrogens with zero attached hydrogens (tertiary/aromatic N) is 2. The Morgan fingerprint density at radius 2 is 1.88 bits per heavy atom. The average molecular weight is 472 g/mol. The molecule has 0 radical (unpaired) electrons. The maximum Gasteiger partial charge on any atom is 0.337 e. The van der Waals surface area contributed by atoms with Crippen LogP contribution in [0.2, 0.25) is 0 Å². The Labute approximate surface area is 192 Å². The van der Waals surface area contributed by atoms with Crippen molar-refractivity contribution in [1.29, 1.82) is 0 Å². The molecule has 0 bridgehead atoms. The zero-order valence-corrected chi connectivity index (χ0v) is 19.1. The number of β-amino-alcohol motifs (C(OH)–C–C–N with tert-alkyl or cyclic N) is 1. The number of ether oxygens (including phenoxy) is 1. The molecular formula is C23H25N3O6S. The summed E-state index contributed by atoms with van der Waals surface area (Å²) in [5.41, 5.74) is 2.31. The molecule has 2 N–H and O–H groups in total. The summed E-state index contributed by atoms with van der Waals surface area (Å²) in [4.78, 5) is 26.3. The first kappa shape index (κ1) is 22.8. The number of rotatable bonds is 7. The lowest BCUT2D eigenvalue weighted by Crippen LogP contribution is -2.35. The molecule has 174 valence electrons. The van der Waals surface area contributed by atoms with Crippen LogP contribution in [0.4, 0.5) is 11.4 Å². The zero-order valence-electron chi connectivity index (χ0n) is 18.3. The van der Waals surface area contributed by atoms with Gasteiger partial charge in [0.15, 0.2) is 0 Å². The number of benzene rings is 2. The molecule has 4 rings (SSSR count). The number of amides is 1. The van der Waals surface area contributed by atoms with Crippen molar-refractivity contribution in [2.75, 3.05) is 36.4 Å². The third-order valence-corrected chi connectivity index (χ3v) is 7.72. The summed E-state index contributed by atoms with van der Waals surface area (Å²) in [6.45, 7) is 1.74. The van der Waals surface area contributed by atoms with Crippen molar-refractivity contribution in [2.45, 2.75) is 24.3 Å². The number of carbonyl (C=O) groups is 2. The Hall–Kier alpha value is -3.37. The standard InChI is InChI=1S/C23H25N3O6S/c1-15-13-16-5-3-4-6-20(16)26(15)33(30,31)18-9-7-17(8-10-18)24-21-19(23(29)32-2)14-25(11-12-27)22(21)28/h3-10,15,24,27H,11-14H2,1-2H3. The summed E-state index contributed by atoms with van der Waals surface area (Å²) in [5.74, 6) is -1.09. The first-order valence-corrected chi connectivity index (χ1v) is 11.9. The van der Waals surface area contributed by atoms with Gasteiger partial charge in [-0.2, -0.15) is 0 Å². The van der Waals surface area contributed by atoms with E-state index >= 15 is 0 Å². The number of sulfonamides is 1. The van der Waals surface area contributed by atoms with Crippen molar-refractivity contribution < 1.29 is 27.9 Å². The number of hydrogen-bond donors (Lipinski definition) is 2. The number of fused-ring (bicyclic) bond motifs is 1. The zero-order chi connectivity index (χ0) is 23.8. The van der Waals surface area contributed by atoms with Crippen LogP contribution >= 0.6 is 0 Å². The van der Waals surface area contributed by atoms with E-state index in [0.717, 1.165) is 5.56 Å². The van der Waals surface area contributed by atoms with Gasteiger partial charge in [0, 0.05) is 18.3 Å². The fraction of sp³-hybridized carbons (Fsp3) is 0.304. The molecule has 2 aliphatic rings. The quantitative estimate of drug-likeness (QED) is 0.588. The summed E-state index contributed by atoms with van der Waals surface area (Å²) in [7, 11) is -2.56. The van der Waals surface area contributed by atoms with E-state index in [1.54, 1.807) is 18.2 Å². The highest BCUT2D eigenvalue weighted by Gasteiger charge is 2.36. The second-order valence-electron chi connectivity index (χ2n) is 7.93. The van der Waals surface area contributed by atoms with E-state index in [1.165, 1.54) is 28.4 Å². The highest BCUT2D eigenvalue weighted by molar-refractivity contribution is 7.92. The van der Waals surface area contributed by atoms with Crippen molar-refractivity contribution in [3.63, 3.8) is 0 Å². The molecule has 0 aromatic heterocycles. The Balaban J connectivity index is 1.60. The maximum atomic E-state index is 13.4. The minimum Gasteiger partial charge on any atom is -0.466 e. The lowest BCUT2D eigenvalue weighted by atomic mass is 10.1. The van der Waals surface area contributed by atoms with Crippen molar-refractivity contribution >= 4 is 33.3 Å². The lowest BCUT2D eigenvalue weighted by molar-refractivity contribution is -0.136. The van der Waals surface area contributed by atoms with Crippen LogP contribution in [-0.4, -0.2) is 63.1 Å². The van der Waals surface area contributed by atoms with Gasteiger partial charge in [-0.05, 0) is 49.2 Å². The monoisotopic (exact) mass is 471 g/mol. The minimum absolute atomic E-state index is 0.0210. The molecule has 0 saturated heterocycles.